The Bertz CT molecular complexity index is 726. The summed E-state index contributed by atoms with van der Waals surface area (Å²) in [6.45, 7) is 3.65. The third kappa shape index (κ3) is 4.41. The summed E-state index contributed by atoms with van der Waals surface area (Å²) in [6.07, 6.45) is 0.766. The lowest BCUT2D eigenvalue weighted by Crippen LogP contribution is -2.49. The molecule has 0 aromatic heterocycles. The van der Waals surface area contributed by atoms with Crippen molar-refractivity contribution in [3.8, 4) is 0 Å². The van der Waals surface area contributed by atoms with Gasteiger partial charge in [-0.25, -0.2) is 8.42 Å². The lowest BCUT2D eigenvalue weighted by Gasteiger charge is -2.33. The number of amides is 1. The van der Waals surface area contributed by atoms with Gasteiger partial charge >= 0.3 is 0 Å². The smallest absolute Gasteiger partial charge is 0.251 e. The summed E-state index contributed by atoms with van der Waals surface area (Å²) in [4.78, 5) is 14.5. The molecule has 8 nitrogen and oxygen atoms in total. The molecular formula is C17H25N3O5S. The monoisotopic (exact) mass is 383 g/mol. The van der Waals surface area contributed by atoms with Crippen molar-refractivity contribution >= 4 is 15.9 Å². The summed E-state index contributed by atoms with van der Waals surface area (Å²) in [5, 5.41) is 11.9. The Labute approximate surface area is 153 Å². The Hall–Kier alpha value is -1.52. The normalized spacial score (nSPS) is 22.4. The number of carbonyl (C=O) groups excluding carboxylic acids is 1. The van der Waals surface area contributed by atoms with Crippen molar-refractivity contribution in [3.05, 3.63) is 29.8 Å². The molecule has 1 atom stereocenters. The maximum absolute atomic E-state index is 12.9. The number of sulfonamides is 1. The van der Waals surface area contributed by atoms with Crippen LogP contribution in [0.2, 0.25) is 0 Å². The minimum absolute atomic E-state index is 0.0256. The maximum Gasteiger partial charge on any atom is 0.251 e. The molecule has 1 aromatic rings. The predicted molar refractivity (Wildman–Crippen MR) is 95.4 cm³/mol. The summed E-state index contributed by atoms with van der Waals surface area (Å²) in [6, 6.07) is 6.13. The number of hydrogen-bond acceptors (Lipinski definition) is 6. The van der Waals surface area contributed by atoms with E-state index in [1.54, 1.807) is 12.1 Å². The number of nitrogens with one attached hydrogen (secondary N) is 1. The van der Waals surface area contributed by atoms with Gasteiger partial charge in [0.2, 0.25) is 10.0 Å². The lowest BCUT2D eigenvalue weighted by atomic mass is 10.2. The molecule has 0 aliphatic carbocycles. The van der Waals surface area contributed by atoms with Gasteiger partial charge in [-0.05, 0) is 24.6 Å². The van der Waals surface area contributed by atoms with Crippen molar-refractivity contribution in [2.24, 2.45) is 0 Å². The molecule has 0 bridgehead atoms. The van der Waals surface area contributed by atoms with E-state index >= 15 is 0 Å². The van der Waals surface area contributed by atoms with Crippen LogP contribution < -0.4 is 5.32 Å². The fourth-order valence-electron chi connectivity index (χ4n) is 3.20. The highest BCUT2D eigenvalue weighted by Crippen LogP contribution is 2.19. The van der Waals surface area contributed by atoms with E-state index in [1.165, 1.54) is 16.4 Å². The van der Waals surface area contributed by atoms with Crippen molar-refractivity contribution in [1.82, 2.24) is 14.5 Å². The molecule has 1 unspecified atom stereocenters. The minimum Gasteiger partial charge on any atom is -0.395 e. The average molecular weight is 383 g/mol. The van der Waals surface area contributed by atoms with Gasteiger partial charge in [0.25, 0.3) is 5.91 Å². The zero-order valence-corrected chi connectivity index (χ0v) is 15.5. The molecule has 1 aromatic carbocycles. The second-order valence-electron chi connectivity index (χ2n) is 6.53. The molecular weight excluding hydrogens is 358 g/mol. The van der Waals surface area contributed by atoms with Gasteiger partial charge in [0, 0.05) is 44.9 Å². The van der Waals surface area contributed by atoms with E-state index in [4.69, 9.17) is 9.84 Å². The largest absolute Gasteiger partial charge is 0.395 e. The molecule has 26 heavy (non-hydrogen) atoms. The number of nitrogens with zero attached hydrogens (tertiary/aromatic N) is 2. The van der Waals surface area contributed by atoms with Crippen LogP contribution in [0.5, 0.6) is 0 Å². The molecule has 0 saturated carbocycles. The number of aliphatic hydroxyl groups excluding tert-OH is 1. The third-order valence-corrected chi connectivity index (χ3v) is 6.64. The van der Waals surface area contributed by atoms with Gasteiger partial charge < -0.3 is 15.2 Å². The molecule has 2 saturated heterocycles. The van der Waals surface area contributed by atoms with Crippen LogP contribution in [-0.4, -0.2) is 87.2 Å². The molecule has 2 fully saturated rings. The Morgan fingerprint density at radius 3 is 2.69 bits per heavy atom. The van der Waals surface area contributed by atoms with E-state index < -0.39 is 10.0 Å². The molecule has 2 heterocycles. The van der Waals surface area contributed by atoms with Crippen molar-refractivity contribution < 1.29 is 23.1 Å². The second-order valence-corrected chi connectivity index (χ2v) is 8.47. The zero-order valence-electron chi connectivity index (χ0n) is 14.6. The minimum atomic E-state index is -3.64. The SMILES string of the molecule is O=C(NC1CCOC1)c1cccc(S(=O)(=O)N2CCN(CCO)CC2)c1. The van der Waals surface area contributed by atoms with Crippen LogP contribution in [0, 0.1) is 0 Å². The molecule has 9 heteroatoms. The number of β-amino-alcohol motifs (C(OH)–C–C–N with tert-alkyl or cyclic N) is 1. The first-order valence-electron chi connectivity index (χ1n) is 8.83. The number of rotatable bonds is 6. The number of hydrogen-bond donors (Lipinski definition) is 2. The molecule has 2 aliphatic rings. The summed E-state index contributed by atoms with van der Waals surface area (Å²) in [5.74, 6) is -0.287. The first-order chi connectivity index (χ1) is 12.5. The van der Waals surface area contributed by atoms with Gasteiger partial charge in [0.05, 0.1) is 24.2 Å². The molecule has 2 aliphatic heterocycles. The van der Waals surface area contributed by atoms with Crippen molar-refractivity contribution in [3.63, 3.8) is 0 Å². The highest BCUT2D eigenvalue weighted by molar-refractivity contribution is 7.89. The van der Waals surface area contributed by atoms with Crippen LogP contribution in [0.15, 0.2) is 29.2 Å². The standard InChI is InChI=1S/C17H25N3O5S/c21-10-9-19-5-7-20(8-6-19)26(23,24)16-3-1-2-14(12-16)17(22)18-15-4-11-25-13-15/h1-3,12,15,21H,4-11,13H2,(H,18,22). The van der Waals surface area contributed by atoms with Gasteiger partial charge in [0.1, 0.15) is 0 Å². The lowest BCUT2D eigenvalue weighted by molar-refractivity contribution is 0.0929. The molecule has 1 amide bonds. The van der Waals surface area contributed by atoms with Gasteiger partial charge in [-0.2, -0.15) is 4.31 Å². The number of carbonyl (C=O) groups is 1. The van der Waals surface area contributed by atoms with Crippen molar-refractivity contribution in [2.45, 2.75) is 17.4 Å². The summed E-state index contributed by atoms with van der Waals surface area (Å²) in [5.41, 5.74) is 0.330. The Balaban J connectivity index is 1.69. The van der Waals surface area contributed by atoms with Crippen LogP contribution in [0.4, 0.5) is 0 Å². The third-order valence-electron chi connectivity index (χ3n) is 4.75. The maximum atomic E-state index is 12.9. The van der Waals surface area contributed by atoms with Crippen molar-refractivity contribution in [2.75, 3.05) is 52.5 Å². The van der Waals surface area contributed by atoms with E-state index in [2.05, 4.69) is 5.32 Å². The fraction of sp³-hybridized carbons (Fsp3) is 0.588. The van der Waals surface area contributed by atoms with Gasteiger partial charge in [0.15, 0.2) is 0 Å². The average Bonchev–Trinajstić information content (AvgIpc) is 3.15. The van der Waals surface area contributed by atoms with Crippen LogP contribution in [-0.2, 0) is 14.8 Å². The van der Waals surface area contributed by atoms with E-state index in [-0.39, 0.29) is 23.5 Å². The molecule has 2 N–H and O–H groups in total. The molecule has 144 valence electrons. The zero-order chi connectivity index (χ0) is 18.6. The Kier molecular flexibility index (Phi) is 6.25. The molecule has 0 radical (unpaired) electrons. The van der Waals surface area contributed by atoms with Gasteiger partial charge in [-0.15, -0.1) is 0 Å². The highest BCUT2D eigenvalue weighted by atomic mass is 32.2. The topological polar surface area (TPSA) is 99.2 Å². The van der Waals surface area contributed by atoms with Crippen LogP contribution in [0.25, 0.3) is 0 Å². The molecule has 0 spiro atoms. The van der Waals surface area contributed by atoms with E-state index in [9.17, 15) is 13.2 Å². The molecule has 3 rings (SSSR count). The second kappa shape index (κ2) is 8.45. The van der Waals surface area contributed by atoms with E-state index in [0.29, 0.717) is 51.5 Å². The van der Waals surface area contributed by atoms with Crippen molar-refractivity contribution in [1.29, 1.82) is 0 Å². The highest BCUT2D eigenvalue weighted by Gasteiger charge is 2.29. The van der Waals surface area contributed by atoms with Crippen LogP contribution in [0.3, 0.4) is 0 Å². The number of aliphatic hydroxyl groups is 1. The van der Waals surface area contributed by atoms with Gasteiger partial charge in [-0.3, -0.25) is 9.69 Å². The number of piperazine rings is 1. The predicted octanol–water partition coefficient (Wildman–Crippen LogP) is -0.496. The number of benzene rings is 1. The quantitative estimate of drug-likeness (QED) is 0.687. The number of ether oxygens (including phenoxy) is 1. The summed E-state index contributed by atoms with van der Waals surface area (Å²) in [7, 11) is -3.64. The Morgan fingerprint density at radius 2 is 2.04 bits per heavy atom. The summed E-state index contributed by atoms with van der Waals surface area (Å²) >= 11 is 0. The van der Waals surface area contributed by atoms with Gasteiger partial charge in [-0.1, -0.05) is 6.07 Å². The first-order valence-corrected chi connectivity index (χ1v) is 10.3. The van der Waals surface area contributed by atoms with E-state index in [0.717, 1.165) is 6.42 Å². The summed E-state index contributed by atoms with van der Waals surface area (Å²) < 4.78 is 32.4. The first kappa shape index (κ1) is 19.2. The van der Waals surface area contributed by atoms with E-state index in [1.807, 2.05) is 4.90 Å². The fourth-order valence-corrected chi connectivity index (χ4v) is 4.67. The Morgan fingerprint density at radius 1 is 1.27 bits per heavy atom. The van der Waals surface area contributed by atoms with Crippen LogP contribution >= 0.6 is 0 Å². The van der Waals surface area contributed by atoms with Crippen LogP contribution in [0.1, 0.15) is 16.8 Å².